The van der Waals surface area contributed by atoms with Crippen molar-refractivity contribution in [2.75, 3.05) is 13.2 Å². The van der Waals surface area contributed by atoms with Gasteiger partial charge < -0.3 is 19.7 Å². The van der Waals surface area contributed by atoms with Crippen LogP contribution >= 0.6 is 0 Å². The van der Waals surface area contributed by atoms with E-state index < -0.39 is 12.6 Å². The zero-order chi connectivity index (χ0) is 7.98. The molecule has 2 unspecified atom stereocenters. The van der Waals surface area contributed by atoms with Crippen molar-refractivity contribution in [3.63, 3.8) is 0 Å². The molecule has 0 heterocycles. The van der Waals surface area contributed by atoms with Crippen LogP contribution in [0.1, 0.15) is 13.8 Å². The second kappa shape index (κ2) is 5.61. The van der Waals surface area contributed by atoms with Gasteiger partial charge in [0.1, 0.15) is 6.61 Å². The van der Waals surface area contributed by atoms with Crippen LogP contribution in [0.4, 0.5) is 0 Å². The molecule has 0 amide bonds. The van der Waals surface area contributed by atoms with Crippen molar-refractivity contribution in [1.29, 1.82) is 0 Å². The van der Waals surface area contributed by atoms with E-state index in [1.165, 1.54) is 6.92 Å². The highest BCUT2D eigenvalue weighted by Gasteiger charge is 2.03. The van der Waals surface area contributed by atoms with Crippen LogP contribution in [-0.2, 0) is 9.47 Å². The number of hydrogen-bond donors (Lipinski definition) is 2. The summed E-state index contributed by atoms with van der Waals surface area (Å²) >= 11 is 0. The van der Waals surface area contributed by atoms with Crippen molar-refractivity contribution in [2.45, 2.75) is 26.4 Å². The van der Waals surface area contributed by atoms with Gasteiger partial charge in [0.05, 0.1) is 0 Å². The van der Waals surface area contributed by atoms with Gasteiger partial charge in [0, 0.05) is 6.61 Å². The van der Waals surface area contributed by atoms with Crippen molar-refractivity contribution in [3.05, 3.63) is 0 Å². The first-order valence-corrected chi connectivity index (χ1v) is 3.26. The van der Waals surface area contributed by atoms with E-state index in [-0.39, 0.29) is 6.61 Å². The maximum absolute atomic E-state index is 8.84. The Kier molecular flexibility index (Phi) is 5.52. The lowest BCUT2D eigenvalue weighted by atomic mass is 10.6. The summed E-state index contributed by atoms with van der Waals surface area (Å²) in [6.07, 6.45) is -1.78. The zero-order valence-corrected chi connectivity index (χ0v) is 6.28. The highest BCUT2D eigenvalue weighted by molar-refractivity contribution is 4.36. The highest BCUT2D eigenvalue weighted by Crippen LogP contribution is 1.90. The molecule has 0 saturated carbocycles. The van der Waals surface area contributed by atoms with E-state index in [2.05, 4.69) is 4.74 Å². The summed E-state index contributed by atoms with van der Waals surface area (Å²) in [5.41, 5.74) is 0. The van der Waals surface area contributed by atoms with Gasteiger partial charge in [-0.05, 0) is 13.8 Å². The summed E-state index contributed by atoms with van der Waals surface area (Å²) in [5.74, 6) is 0. The molecule has 4 nitrogen and oxygen atoms in total. The van der Waals surface area contributed by atoms with Crippen molar-refractivity contribution in [1.82, 2.24) is 0 Å². The van der Waals surface area contributed by atoms with Gasteiger partial charge in [0.15, 0.2) is 12.6 Å². The lowest BCUT2D eigenvalue weighted by Crippen LogP contribution is -2.22. The van der Waals surface area contributed by atoms with E-state index in [9.17, 15) is 0 Å². The van der Waals surface area contributed by atoms with Crippen LogP contribution < -0.4 is 0 Å². The Morgan fingerprint density at radius 1 is 1.30 bits per heavy atom. The Balaban J connectivity index is 3.12. The molecule has 62 valence electrons. The third-order valence-electron chi connectivity index (χ3n) is 0.839. The van der Waals surface area contributed by atoms with Crippen LogP contribution in [0.5, 0.6) is 0 Å². The molecule has 0 aromatic carbocycles. The van der Waals surface area contributed by atoms with E-state index in [4.69, 9.17) is 14.9 Å². The third kappa shape index (κ3) is 5.97. The minimum atomic E-state index is -0.931. The van der Waals surface area contributed by atoms with Crippen molar-refractivity contribution in [2.24, 2.45) is 0 Å². The Labute approximate surface area is 60.4 Å². The molecular formula is C6H14O4. The predicted molar refractivity (Wildman–Crippen MR) is 35.3 cm³/mol. The fourth-order valence-electron chi connectivity index (χ4n) is 0.462. The van der Waals surface area contributed by atoms with Crippen molar-refractivity contribution >= 4 is 0 Å². The molecular weight excluding hydrogens is 136 g/mol. The number of ether oxygens (including phenoxy) is 2. The summed E-state index contributed by atoms with van der Waals surface area (Å²) in [4.78, 5) is 0. The fourth-order valence-corrected chi connectivity index (χ4v) is 0.462. The Bertz CT molecular complexity index is 74.1. The topological polar surface area (TPSA) is 58.9 Å². The molecule has 2 atom stereocenters. The maximum Gasteiger partial charge on any atom is 0.178 e. The number of aliphatic hydroxyl groups is 2. The molecule has 0 aliphatic heterocycles. The molecule has 2 N–H and O–H groups in total. The van der Waals surface area contributed by atoms with Crippen LogP contribution in [0.2, 0.25) is 0 Å². The normalized spacial score (nSPS) is 16.8. The lowest BCUT2D eigenvalue weighted by Gasteiger charge is -2.11. The maximum atomic E-state index is 8.84. The van der Waals surface area contributed by atoms with Crippen LogP contribution in [0.25, 0.3) is 0 Å². The first kappa shape index (κ1) is 9.84. The molecule has 0 saturated heterocycles. The van der Waals surface area contributed by atoms with Gasteiger partial charge in [-0.15, -0.1) is 0 Å². The van der Waals surface area contributed by atoms with E-state index >= 15 is 0 Å². The van der Waals surface area contributed by atoms with Crippen LogP contribution in [0.3, 0.4) is 0 Å². The van der Waals surface area contributed by atoms with Gasteiger partial charge >= 0.3 is 0 Å². The number of rotatable bonds is 5. The summed E-state index contributed by atoms with van der Waals surface area (Å²) in [6.45, 7) is 3.68. The average molecular weight is 150 g/mol. The van der Waals surface area contributed by atoms with Gasteiger partial charge in [-0.25, -0.2) is 0 Å². The molecule has 0 fully saturated rings. The molecule has 0 bridgehead atoms. The third-order valence-corrected chi connectivity index (χ3v) is 0.839. The minimum absolute atomic E-state index is 0.00546. The van der Waals surface area contributed by atoms with E-state index in [1.807, 2.05) is 0 Å². The average Bonchev–Trinajstić information content (AvgIpc) is 1.85. The van der Waals surface area contributed by atoms with E-state index in [0.29, 0.717) is 6.61 Å². The second-order valence-electron chi connectivity index (χ2n) is 1.84. The van der Waals surface area contributed by atoms with E-state index in [0.717, 1.165) is 0 Å². The molecule has 0 aromatic heterocycles. The van der Waals surface area contributed by atoms with E-state index in [1.54, 1.807) is 6.92 Å². The van der Waals surface area contributed by atoms with Gasteiger partial charge in [-0.1, -0.05) is 0 Å². The molecule has 0 rings (SSSR count). The minimum Gasteiger partial charge on any atom is -0.368 e. The number of aliphatic hydroxyl groups excluding tert-OH is 2. The summed E-state index contributed by atoms with van der Waals surface area (Å²) < 4.78 is 9.35. The van der Waals surface area contributed by atoms with Crippen LogP contribution in [0, 0.1) is 0 Å². The quantitative estimate of drug-likeness (QED) is 0.528. The van der Waals surface area contributed by atoms with Gasteiger partial charge in [0.25, 0.3) is 0 Å². The SMILES string of the molecule is CCOC(O)COC(C)O. The fraction of sp³-hybridized carbons (Fsp3) is 1.00. The van der Waals surface area contributed by atoms with Crippen LogP contribution in [-0.4, -0.2) is 36.0 Å². The molecule has 0 radical (unpaired) electrons. The lowest BCUT2D eigenvalue weighted by molar-refractivity contribution is -0.178. The Morgan fingerprint density at radius 3 is 2.30 bits per heavy atom. The summed E-state index contributed by atoms with van der Waals surface area (Å²) in [6, 6.07) is 0. The van der Waals surface area contributed by atoms with Crippen LogP contribution in [0.15, 0.2) is 0 Å². The predicted octanol–water partition coefficient (Wildman–Crippen LogP) is -0.304. The van der Waals surface area contributed by atoms with Gasteiger partial charge in [-0.3, -0.25) is 0 Å². The van der Waals surface area contributed by atoms with Gasteiger partial charge in [0.2, 0.25) is 0 Å². The molecule has 0 aromatic rings. The Morgan fingerprint density at radius 2 is 1.90 bits per heavy atom. The smallest absolute Gasteiger partial charge is 0.178 e. The molecule has 0 aliphatic carbocycles. The van der Waals surface area contributed by atoms with Gasteiger partial charge in [-0.2, -0.15) is 0 Å². The summed E-state index contributed by atoms with van der Waals surface area (Å²) in [7, 11) is 0. The first-order valence-electron chi connectivity index (χ1n) is 3.26. The monoisotopic (exact) mass is 150 g/mol. The highest BCUT2D eigenvalue weighted by atomic mass is 16.7. The van der Waals surface area contributed by atoms with Crippen molar-refractivity contribution in [3.8, 4) is 0 Å². The first-order chi connectivity index (χ1) is 4.66. The number of hydrogen-bond acceptors (Lipinski definition) is 4. The molecule has 0 aliphatic rings. The molecule has 10 heavy (non-hydrogen) atoms. The largest absolute Gasteiger partial charge is 0.368 e. The Hall–Kier alpha value is -0.160. The zero-order valence-electron chi connectivity index (χ0n) is 6.28. The molecule has 0 spiro atoms. The standard InChI is InChI=1S/C6H14O4/c1-3-9-6(8)4-10-5(2)7/h5-8H,3-4H2,1-2H3. The molecule has 4 heteroatoms. The second-order valence-corrected chi connectivity index (χ2v) is 1.84. The summed E-state index contributed by atoms with van der Waals surface area (Å²) in [5, 5.41) is 17.4. The van der Waals surface area contributed by atoms with Crippen molar-refractivity contribution < 1.29 is 19.7 Å².